The molecule has 2 aromatic rings. The summed E-state index contributed by atoms with van der Waals surface area (Å²) in [4.78, 5) is 44.1. The van der Waals surface area contributed by atoms with Crippen LogP contribution in [-0.4, -0.2) is 54.2 Å². The molecule has 1 heterocycles. The van der Waals surface area contributed by atoms with E-state index in [1.165, 1.54) is 9.47 Å². The fourth-order valence-electron chi connectivity index (χ4n) is 3.84. The number of nitrogens with zero attached hydrogens (tertiary/aromatic N) is 3. The highest BCUT2D eigenvalue weighted by Crippen LogP contribution is 2.28. The summed E-state index contributed by atoms with van der Waals surface area (Å²) in [6.07, 6.45) is 0. The van der Waals surface area contributed by atoms with Crippen LogP contribution in [0.5, 0.6) is 11.5 Å². The van der Waals surface area contributed by atoms with Gasteiger partial charge in [0.25, 0.3) is 5.56 Å². The van der Waals surface area contributed by atoms with Crippen LogP contribution in [0.15, 0.2) is 27.8 Å². The number of carbonyl (C=O) groups is 1. The number of carbonyl (C=O) groups excluding carboxylic acids is 1. The molecule has 0 radical (unpaired) electrons. The van der Waals surface area contributed by atoms with Crippen molar-refractivity contribution in [2.45, 2.75) is 47.7 Å². The Morgan fingerprint density at radius 3 is 2.40 bits per heavy atom. The predicted octanol–water partition coefficient (Wildman–Crippen LogP) is 2.30. The van der Waals surface area contributed by atoms with E-state index in [0.29, 0.717) is 31.2 Å². The molecule has 0 atom stereocenters. The molecule has 1 amide bonds. The minimum atomic E-state index is -0.666. The van der Waals surface area contributed by atoms with Gasteiger partial charge in [-0.05, 0) is 43.5 Å². The summed E-state index contributed by atoms with van der Waals surface area (Å²) in [5, 5.41) is 0. The van der Waals surface area contributed by atoms with Crippen molar-refractivity contribution in [1.82, 2.24) is 14.5 Å². The van der Waals surface area contributed by atoms with Crippen LogP contribution in [0.3, 0.4) is 0 Å². The Bertz CT molecular complexity index is 1120. The Morgan fingerprint density at radius 1 is 1.14 bits per heavy atom. The van der Waals surface area contributed by atoms with Crippen molar-refractivity contribution in [1.29, 1.82) is 0 Å². The number of aromatic amines is 1. The zero-order valence-electron chi connectivity index (χ0n) is 21.9. The number of hydrogen-bond donors (Lipinski definition) is 2. The third kappa shape index (κ3) is 7.35. The second kappa shape index (κ2) is 12.4. The summed E-state index contributed by atoms with van der Waals surface area (Å²) in [5.41, 5.74) is 5.99. The minimum absolute atomic E-state index is 0.000326. The molecule has 3 N–H and O–H groups in total. The van der Waals surface area contributed by atoms with Crippen LogP contribution in [0.4, 0.5) is 11.5 Å². The number of benzene rings is 1. The fraction of sp³-hybridized carbons (Fsp3) is 0.560. The first-order chi connectivity index (χ1) is 16.5. The molecule has 0 aliphatic carbocycles. The molecule has 35 heavy (non-hydrogen) atoms. The summed E-state index contributed by atoms with van der Waals surface area (Å²) in [5.74, 6) is 1.19. The highest BCUT2D eigenvalue weighted by molar-refractivity contribution is 5.96. The van der Waals surface area contributed by atoms with Gasteiger partial charge < -0.3 is 20.1 Å². The minimum Gasteiger partial charge on any atom is -0.493 e. The summed E-state index contributed by atoms with van der Waals surface area (Å²) in [7, 11) is 3.40. The summed E-state index contributed by atoms with van der Waals surface area (Å²) >= 11 is 0. The molecule has 0 saturated heterocycles. The van der Waals surface area contributed by atoms with Gasteiger partial charge in [-0.25, -0.2) is 4.79 Å². The van der Waals surface area contributed by atoms with Gasteiger partial charge in [-0.15, -0.1) is 0 Å². The SMILES string of the molecule is CCOc1ccc(CN(C)CC(=O)N(CC(C)C)c2c(N)n(CC(C)C)c(=O)[nH]c2=O)cc1OC. The molecule has 0 aliphatic rings. The van der Waals surface area contributed by atoms with E-state index in [0.717, 1.165) is 5.56 Å². The molecule has 0 spiro atoms. The fourth-order valence-corrected chi connectivity index (χ4v) is 3.84. The summed E-state index contributed by atoms with van der Waals surface area (Å²) in [6.45, 7) is 11.4. The van der Waals surface area contributed by atoms with Crippen molar-refractivity contribution in [3.63, 3.8) is 0 Å². The van der Waals surface area contributed by atoms with E-state index in [4.69, 9.17) is 15.2 Å². The monoisotopic (exact) mass is 489 g/mol. The maximum atomic E-state index is 13.4. The Balaban J connectivity index is 2.32. The van der Waals surface area contributed by atoms with Crippen LogP contribution in [-0.2, 0) is 17.9 Å². The number of rotatable bonds is 12. The van der Waals surface area contributed by atoms with Crippen LogP contribution < -0.4 is 31.4 Å². The number of aromatic nitrogens is 2. The number of amides is 1. The maximum absolute atomic E-state index is 13.4. The number of nitrogen functional groups attached to an aromatic ring is 1. The van der Waals surface area contributed by atoms with Gasteiger partial charge in [-0.1, -0.05) is 33.8 Å². The van der Waals surface area contributed by atoms with Crippen LogP contribution in [0.25, 0.3) is 0 Å². The quantitative estimate of drug-likeness (QED) is 0.469. The smallest absolute Gasteiger partial charge is 0.330 e. The third-order valence-electron chi connectivity index (χ3n) is 5.27. The van der Waals surface area contributed by atoms with Gasteiger partial charge in [0.05, 0.1) is 20.3 Å². The molecule has 10 nitrogen and oxygen atoms in total. The molecule has 10 heteroatoms. The van der Waals surface area contributed by atoms with Crippen molar-refractivity contribution in [2.24, 2.45) is 11.8 Å². The molecule has 1 aromatic heterocycles. The molecule has 0 saturated carbocycles. The van der Waals surface area contributed by atoms with Gasteiger partial charge in [0.2, 0.25) is 5.91 Å². The Morgan fingerprint density at radius 2 is 1.83 bits per heavy atom. The lowest BCUT2D eigenvalue weighted by Crippen LogP contribution is -2.46. The van der Waals surface area contributed by atoms with E-state index in [1.54, 1.807) is 7.11 Å². The van der Waals surface area contributed by atoms with E-state index >= 15 is 0 Å². The Hall–Kier alpha value is -3.27. The Kier molecular flexibility index (Phi) is 9.94. The number of hydrogen-bond acceptors (Lipinski definition) is 7. The molecule has 2 rings (SSSR count). The average molecular weight is 490 g/mol. The molecule has 0 bridgehead atoms. The molecular formula is C25H39N5O5. The zero-order chi connectivity index (χ0) is 26.3. The molecular weight excluding hydrogens is 450 g/mol. The van der Waals surface area contributed by atoms with Gasteiger partial charge in [-0.3, -0.25) is 24.0 Å². The van der Waals surface area contributed by atoms with E-state index in [2.05, 4.69) is 4.98 Å². The number of likely N-dealkylation sites (N-methyl/N-ethyl adjacent to an activating group) is 1. The third-order valence-corrected chi connectivity index (χ3v) is 5.27. The van der Waals surface area contributed by atoms with Gasteiger partial charge in [-0.2, -0.15) is 0 Å². The van der Waals surface area contributed by atoms with Crippen molar-refractivity contribution in [3.8, 4) is 11.5 Å². The van der Waals surface area contributed by atoms with E-state index in [1.807, 2.05) is 64.8 Å². The zero-order valence-corrected chi connectivity index (χ0v) is 21.9. The van der Waals surface area contributed by atoms with Gasteiger partial charge >= 0.3 is 5.69 Å². The number of nitrogens with two attached hydrogens (primary N) is 1. The number of methoxy groups -OCH3 is 1. The molecule has 1 aromatic carbocycles. The van der Waals surface area contributed by atoms with E-state index in [9.17, 15) is 14.4 Å². The topological polar surface area (TPSA) is 123 Å². The van der Waals surface area contributed by atoms with Gasteiger partial charge in [0, 0.05) is 19.6 Å². The lowest BCUT2D eigenvalue weighted by molar-refractivity contribution is -0.119. The first-order valence-electron chi connectivity index (χ1n) is 11.9. The number of H-pyrrole nitrogens is 1. The first-order valence-corrected chi connectivity index (χ1v) is 11.9. The summed E-state index contributed by atoms with van der Waals surface area (Å²) in [6, 6.07) is 5.64. The molecule has 0 aliphatic heterocycles. The van der Waals surface area contributed by atoms with Gasteiger partial charge in [0.1, 0.15) is 5.82 Å². The number of anilines is 2. The molecule has 194 valence electrons. The second-order valence-corrected chi connectivity index (χ2v) is 9.49. The lowest BCUT2D eigenvalue weighted by Gasteiger charge is -2.28. The normalized spacial score (nSPS) is 11.4. The van der Waals surface area contributed by atoms with Gasteiger partial charge in [0.15, 0.2) is 17.2 Å². The maximum Gasteiger partial charge on any atom is 0.330 e. The van der Waals surface area contributed by atoms with Crippen molar-refractivity contribution in [2.75, 3.05) is 44.5 Å². The van der Waals surface area contributed by atoms with Crippen molar-refractivity contribution >= 4 is 17.4 Å². The largest absolute Gasteiger partial charge is 0.493 e. The second-order valence-electron chi connectivity index (χ2n) is 9.49. The first kappa shape index (κ1) is 28.0. The van der Waals surface area contributed by atoms with Crippen molar-refractivity contribution < 1.29 is 14.3 Å². The average Bonchev–Trinajstić information content (AvgIpc) is 2.76. The highest BCUT2D eigenvalue weighted by atomic mass is 16.5. The standard InChI is InChI=1S/C25H39N5O5/c1-8-35-19-10-9-18(11-20(19)34-7)14-28(6)15-21(31)29(12-16(2)3)22-23(26)30(13-17(4)5)25(33)27-24(22)32/h9-11,16-17H,8,12-15,26H2,1-7H3,(H,27,32,33). The highest BCUT2D eigenvalue weighted by Gasteiger charge is 2.26. The van der Waals surface area contributed by atoms with E-state index in [-0.39, 0.29) is 42.3 Å². The molecule has 0 unspecified atom stereocenters. The molecule has 0 fully saturated rings. The van der Waals surface area contributed by atoms with Crippen LogP contribution >= 0.6 is 0 Å². The Labute approximate surface area is 206 Å². The van der Waals surface area contributed by atoms with E-state index < -0.39 is 11.2 Å². The van der Waals surface area contributed by atoms with Crippen LogP contribution in [0.2, 0.25) is 0 Å². The van der Waals surface area contributed by atoms with Crippen molar-refractivity contribution in [3.05, 3.63) is 44.6 Å². The number of ether oxygens (including phenoxy) is 2. The number of nitrogens with one attached hydrogen (secondary N) is 1. The van der Waals surface area contributed by atoms with Crippen LogP contribution in [0, 0.1) is 11.8 Å². The lowest BCUT2D eigenvalue weighted by atomic mass is 10.1. The summed E-state index contributed by atoms with van der Waals surface area (Å²) < 4.78 is 12.3. The van der Waals surface area contributed by atoms with Crippen LogP contribution in [0.1, 0.15) is 40.2 Å². The predicted molar refractivity (Wildman–Crippen MR) is 138 cm³/mol.